The van der Waals surface area contributed by atoms with Crippen LogP contribution >= 0.6 is 0 Å². The average molecular weight is 361 g/mol. The Labute approximate surface area is 159 Å². The van der Waals surface area contributed by atoms with E-state index in [4.69, 9.17) is 4.74 Å². The van der Waals surface area contributed by atoms with E-state index >= 15 is 0 Å². The molecule has 5 heteroatoms. The van der Waals surface area contributed by atoms with Crippen LogP contribution in [0.2, 0.25) is 0 Å². The standard InChI is InChI=1S/C21H36N4O/c1-7-8-9-19(15-25(6)18-10-12-24(5)13-11-18)26-21-14-20(16(2)3)22-17(4)23-21/h7,14,16,18-19H,1,8-13,15H2,2-6H3. The van der Waals surface area contributed by atoms with Crippen LogP contribution in [0.5, 0.6) is 5.88 Å². The number of nitrogens with zero attached hydrogens (tertiary/aromatic N) is 4. The summed E-state index contributed by atoms with van der Waals surface area (Å²) in [5, 5.41) is 0. The molecule has 0 saturated carbocycles. The van der Waals surface area contributed by atoms with Crippen molar-refractivity contribution < 1.29 is 4.74 Å². The van der Waals surface area contributed by atoms with Crippen molar-refractivity contribution in [3.05, 3.63) is 30.2 Å². The van der Waals surface area contributed by atoms with Crippen molar-refractivity contribution >= 4 is 0 Å². The lowest BCUT2D eigenvalue weighted by molar-refractivity contribution is 0.0849. The average Bonchev–Trinajstić information content (AvgIpc) is 2.59. The first kappa shape index (κ1) is 20.8. The lowest BCUT2D eigenvalue weighted by Gasteiger charge is -2.36. The van der Waals surface area contributed by atoms with Crippen LogP contribution in [0.15, 0.2) is 18.7 Å². The SMILES string of the molecule is C=CCCC(CN(C)C1CCN(C)CC1)Oc1cc(C(C)C)nc(C)n1. The van der Waals surface area contributed by atoms with Gasteiger partial charge in [-0.05, 0) is 65.7 Å². The van der Waals surface area contributed by atoms with Gasteiger partial charge in [0.1, 0.15) is 11.9 Å². The number of piperidine rings is 1. The van der Waals surface area contributed by atoms with Crippen molar-refractivity contribution in [2.75, 3.05) is 33.7 Å². The predicted octanol–water partition coefficient (Wildman–Crippen LogP) is 3.65. The molecule has 1 aromatic heterocycles. The van der Waals surface area contributed by atoms with Crippen LogP contribution in [0.1, 0.15) is 57.0 Å². The fraction of sp³-hybridized carbons (Fsp3) is 0.714. The van der Waals surface area contributed by atoms with Gasteiger partial charge in [0, 0.05) is 18.7 Å². The zero-order valence-corrected chi connectivity index (χ0v) is 17.2. The van der Waals surface area contributed by atoms with E-state index in [1.165, 1.54) is 25.9 Å². The van der Waals surface area contributed by atoms with E-state index in [-0.39, 0.29) is 6.10 Å². The van der Waals surface area contributed by atoms with Crippen LogP contribution in [-0.2, 0) is 0 Å². The van der Waals surface area contributed by atoms with Crippen LogP contribution < -0.4 is 4.74 Å². The maximum absolute atomic E-state index is 6.32. The highest BCUT2D eigenvalue weighted by atomic mass is 16.5. The number of hydrogen-bond acceptors (Lipinski definition) is 5. The minimum absolute atomic E-state index is 0.118. The van der Waals surface area contributed by atoms with Crippen LogP contribution in [0.4, 0.5) is 0 Å². The van der Waals surface area contributed by atoms with Gasteiger partial charge in [0.05, 0.1) is 5.69 Å². The molecule has 1 fully saturated rings. The van der Waals surface area contributed by atoms with Crippen LogP contribution in [-0.4, -0.2) is 65.6 Å². The van der Waals surface area contributed by atoms with Gasteiger partial charge < -0.3 is 9.64 Å². The molecule has 2 heterocycles. The van der Waals surface area contributed by atoms with Crippen molar-refractivity contribution in [2.45, 2.75) is 64.5 Å². The van der Waals surface area contributed by atoms with E-state index in [0.29, 0.717) is 17.8 Å². The second kappa shape index (κ2) is 10.0. The molecule has 0 N–H and O–H groups in total. The smallest absolute Gasteiger partial charge is 0.217 e. The molecule has 0 aliphatic carbocycles. The van der Waals surface area contributed by atoms with Gasteiger partial charge in [-0.3, -0.25) is 4.90 Å². The van der Waals surface area contributed by atoms with Crippen LogP contribution in [0, 0.1) is 6.92 Å². The Morgan fingerprint density at radius 3 is 2.65 bits per heavy atom. The molecular weight excluding hydrogens is 324 g/mol. The van der Waals surface area contributed by atoms with E-state index in [0.717, 1.165) is 30.9 Å². The number of rotatable bonds is 9. The van der Waals surface area contributed by atoms with E-state index in [9.17, 15) is 0 Å². The molecule has 2 rings (SSSR count). The minimum atomic E-state index is 0.118. The molecule has 0 bridgehead atoms. The van der Waals surface area contributed by atoms with Gasteiger partial charge in [0.15, 0.2) is 0 Å². The third-order valence-electron chi connectivity index (χ3n) is 5.21. The van der Waals surface area contributed by atoms with Crippen molar-refractivity contribution in [3.8, 4) is 5.88 Å². The molecule has 1 unspecified atom stereocenters. The summed E-state index contributed by atoms with van der Waals surface area (Å²) in [5.41, 5.74) is 1.04. The van der Waals surface area contributed by atoms with E-state index in [2.05, 4.69) is 54.3 Å². The summed E-state index contributed by atoms with van der Waals surface area (Å²) in [6, 6.07) is 2.63. The van der Waals surface area contributed by atoms with Gasteiger partial charge >= 0.3 is 0 Å². The van der Waals surface area contributed by atoms with Crippen LogP contribution in [0.3, 0.4) is 0 Å². The Hall–Kier alpha value is -1.46. The molecule has 1 atom stereocenters. The summed E-state index contributed by atoms with van der Waals surface area (Å²) in [6.45, 7) is 13.4. The first-order chi connectivity index (χ1) is 12.4. The normalized spacial score (nSPS) is 17.7. The molecule has 0 amide bonds. The fourth-order valence-corrected chi connectivity index (χ4v) is 3.49. The molecule has 1 aliphatic heterocycles. The summed E-state index contributed by atoms with van der Waals surface area (Å²) >= 11 is 0. The molecule has 0 spiro atoms. The summed E-state index contributed by atoms with van der Waals surface area (Å²) in [7, 11) is 4.43. The third kappa shape index (κ3) is 6.36. The predicted molar refractivity (Wildman–Crippen MR) is 108 cm³/mol. The Kier molecular flexibility index (Phi) is 8.04. The first-order valence-corrected chi connectivity index (χ1v) is 9.91. The zero-order valence-electron chi connectivity index (χ0n) is 17.2. The Balaban J connectivity index is 2.03. The number of likely N-dealkylation sites (N-methyl/N-ethyl adjacent to an activating group) is 1. The maximum Gasteiger partial charge on any atom is 0.217 e. The molecule has 0 aromatic carbocycles. The number of aromatic nitrogens is 2. The maximum atomic E-state index is 6.32. The molecule has 1 aromatic rings. The van der Waals surface area contributed by atoms with E-state index in [1.54, 1.807) is 0 Å². The molecule has 26 heavy (non-hydrogen) atoms. The molecule has 5 nitrogen and oxygen atoms in total. The van der Waals surface area contributed by atoms with Gasteiger partial charge in [0.25, 0.3) is 0 Å². The van der Waals surface area contributed by atoms with Crippen LogP contribution in [0.25, 0.3) is 0 Å². The summed E-state index contributed by atoms with van der Waals surface area (Å²) in [4.78, 5) is 13.9. The molecule has 0 radical (unpaired) electrons. The Morgan fingerprint density at radius 2 is 2.04 bits per heavy atom. The van der Waals surface area contributed by atoms with Gasteiger partial charge in [-0.25, -0.2) is 4.98 Å². The second-order valence-corrected chi connectivity index (χ2v) is 7.91. The van der Waals surface area contributed by atoms with Gasteiger partial charge in [-0.2, -0.15) is 4.98 Å². The Bertz CT molecular complexity index is 567. The monoisotopic (exact) mass is 360 g/mol. The van der Waals surface area contributed by atoms with Gasteiger partial charge in [-0.1, -0.05) is 19.9 Å². The van der Waals surface area contributed by atoms with E-state index < -0.39 is 0 Å². The topological polar surface area (TPSA) is 41.5 Å². The van der Waals surface area contributed by atoms with Crippen molar-refractivity contribution in [1.29, 1.82) is 0 Å². The lowest BCUT2D eigenvalue weighted by atomic mass is 10.0. The molecule has 1 aliphatic rings. The van der Waals surface area contributed by atoms with Crippen molar-refractivity contribution in [1.82, 2.24) is 19.8 Å². The first-order valence-electron chi connectivity index (χ1n) is 9.91. The number of aryl methyl sites for hydroxylation is 1. The second-order valence-electron chi connectivity index (χ2n) is 7.91. The summed E-state index contributed by atoms with van der Waals surface area (Å²) in [5.74, 6) is 1.84. The number of likely N-dealkylation sites (tertiary alicyclic amines) is 1. The number of hydrogen-bond donors (Lipinski definition) is 0. The summed E-state index contributed by atoms with van der Waals surface area (Å²) < 4.78 is 6.32. The fourth-order valence-electron chi connectivity index (χ4n) is 3.49. The number of ether oxygens (including phenoxy) is 1. The molecular formula is C21H36N4O. The highest BCUT2D eigenvalue weighted by Gasteiger charge is 2.23. The van der Waals surface area contributed by atoms with E-state index in [1.807, 2.05) is 19.1 Å². The van der Waals surface area contributed by atoms with Gasteiger partial charge in [0.2, 0.25) is 5.88 Å². The van der Waals surface area contributed by atoms with Gasteiger partial charge in [-0.15, -0.1) is 6.58 Å². The quantitative estimate of drug-likeness (QED) is 0.629. The highest BCUT2D eigenvalue weighted by molar-refractivity contribution is 5.18. The summed E-state index contributed by atoms with van der Waals surface area (Å²) in [6.07, 6.45) is 6.45. The lowest BCUT2D eigenvalue weighted by Crippen LogP contribution is -2.45. The largest absolute Gasteiger partial charge is 0.473 e. The zero-order chi connectivity index (χ0) is 19.1. The molecule has 146 valence electrons. The van der Waals surface area contributed by atoms with Crippen molar-refractivity contribution in [3.63, 3.8) is 0 Å². The number of allylic oxidation sites excluding steroid dienone is 1. The molecule has 1 saturated heterocycles. The minimum Gasteiger partial charge on any atom is -0.473 e. The third-order valence-corrected chi connectivity index (χ3v) is 5.21. The Morgan fingerprint density at radius 1 is 1.35 bits per heavy atom. The highest BCUT2D eigenvalue weighted by Crippen LogP contribution is 2.21. The van der Waals surface area contributed by atoms with Crippen molar-refractivity contribution in [2.24, 2.45) is 0 Å².